The molecule has 0 amide bonds. The minimum Gasteiger partial charge on any atom is -0.462 e. The fourth-order valence-electron chi connectivity index (χ4n) is 8.39. The van der Waals surface area contributed by atoms with Gasteiger partial charge in [0, 0.05) is 19.3 Å². The van der Waals surface area contributed by atoms with Gasteiger partial charge in [0.25, 0.3) is 0 Å². The maximum atomic E-state index is 12.8. The van der Waals surface area contributed by atoms with Crippen molar-refractivity contribution in [1.82, 2.24) is 0 Å². The predicted molar refractivity (Wildman–Crippen MR) is 261 cm³/mol. The Hall–Kier alpha value is -1.59. The lowest BCUT2D eigenvalue weighted by molar-refractivity contribution is -0.167. The lowest BCUT2D eigenvalue weighted by atomic mass is 10.0. The topological polar surface area (TPSA) is 78.9 Å². The summed E-state index contributed by atoms with van der Waals surface area (Å²) in [6.45, 7) is 9.04. The van der Waals surface area contributed by atoms with Crippen molar-refractivity contribution in [2.45, 2.75) is 316 Å². The highest BCUT2D eigenvalue weighted by Crippen LogP contribution is 2.17. The van der Waals surface area contributed by atoms with Crippen LogP contribution in [-0.4, -0.2) is 37.2 Å². The third kappa shape index (κ3) is 49.3. The van der Waals surface area contributed by atoms with Gasteiger partial charge in [-0.15, -0.1) is 0 Å². The first kappa shape index (κ1) is 59.4. The van der Waals surface area contributed by atoms with E-state index in [4.69, 9.17) is 14.2 Å². The Kier molecular flexibility index (Phi) is 48.1. The van der Waals surface area contributed by atoms with E-state index in [1.807, 2.05) is 0 Å². The van der Waals surface area contributed by atoms with Crippen LogP contribution in [0.3, 0.4) is 0 Å². The van der Waals surface area contributed by atoms with Crippen molar-refractivity contribution >= 4 is 17.9 Å². The van der Waals surface area contributed by atoms with Gasteiger partial charge in [-0.1, -0.05) is 272 Å². The summed E-state index contributed by atoms with van der Waals surface area (Å²) in [6, 6.07) is 0. The molecule has 0 N–H and O–H groups in total. The standard InChI is InChI=1S/C55H106O6/c1-5-7-9-11-13-15-17-18-19-20-21-24-27-31-35-39-43-47-54(57)60-50-52(49-59-53(56)46-42-38-34-30-16-14-12-10-8-6-2)61-55(58)48-44-40-36-32-28-25-22-23-26-29-33-37-41-45-51(3)4/h51-52H,5-50H2,1-4H3/t52-/m0/s1. The molecule has 6 nitrogen and oxygen atoms in total. The maximum absolute atomic E-state index is 12.8. The monoisotopic (exact) mass is 863 g/mol. The lowest BCUT2D eigenvalue weighted by Gasteiger charge is -2.18. The van der Waals surface area contributed by atoms with Crippen LogP contribution in [0.5, 0.6) is 0 Å². The molecule has 61 heavy (non-hydrogen) atoms. The van der Waals surface area contributed by atoms with Crippen molar-refractivity contribution < 1.29 is 28.6 Å². The molecule has 0 aliphatic heterocycles. The number of rotatable bonds is 50. The van der Waals surface area contributed by atoms with E-state index < -0.39 is 6.10 Å². The van der Waals surface area contributed by atoms with Crippen LogP contribution >= 0.6 is 0 Å². The number of ether oxygens (including phenoxy) is 3. The average Bonchev–Trinajstić information content (AvgIpc) is 3.24. The molecule has 0 aromatic heterocycles. The van der Waals surface area contributed by atoms with E-state index in [-0.39, 0.29) is 31.1 Å². The molecule has 0 fully saturated rings. The summed E-state index contributed by atoms with van der Waals surface area (Å²) < 4.78 is 16.8. The number of esters is 3. The predicted octanol–water partition coefficient (Wildman–Crippen LogP) is 17.8. The fourth-order valence-corrected chi connectivity index (χ4v) is 8.39. The van der Waals surface area contributed by atoms with Gasteiger partial charge in [0.05, 0.1) is 0 Å². The van der Waals surface area contributed by atoms with E-state index in [2.05, 4.69) is 27.7 Å². The normalized spacial score (nSPS) is 12.0. The molecule has 0 aliphatic carbocycles. The minimum atomic E-state index is -0.760. The molecule has 6 heteroatoms. The van der Waals surface area contributed by atoms with Gasteiger partial charge >= 0.3 is 17.9 Å². The van der Waals surface area contributed by atoms with Crippen LogP contribution in [0.4, 0.5) is 0 Å². The van der Waals surface area contributed by atoms with Crippen LogP contribution in [0, 0.1) is 5.92 Å². The van der Waals surface area contributed by atoms with Crippen molar-refractivity contribution in [3.63, 3.8) is 0 Å². The summed E-state index contributed by atoms with van der Waals surface area (Å²) in [5.74, 6) is -0.00315. The molecule has 0 unspecified atom stereocenters. The molecule has 362 valence electrons. The van der Waals surface area contributed by atoms with Crippen LogP contribution in [0.15, 0.2) is 0 Å². The first-order valence-corrected chi connectivity index (χ1v) is 27.4. The Morgan fingerprint density at radius 1 is 0.311 bits per heavy atom. The zero-order chi connectivity index (χ0) is 44.5. The van der Waals surface area contributed by atoms with E-state index in [1.54, 1.807) is 0 Å². The van der Waals surface area contributed by atoms with Gasteiger partial charge in [0.15, 0.2) is 6.10 Å². The molecular formula is C55H106O6. The van der Waals surface area contributed by atoms with E-state index >= 15 is 0 Å². The van der Waals surface area contributed by atoms with E-state index in [0.29, 0.717) is 19.3 Å². The van der Waals surface area contributed by atoms with Crippen molar-refractivity contribution in [3.05, 3.63) is 0 Å². The first-order valence-electron chi connectivity index (χ1n) is 27.4. The largest absolute Gasteiger partial charge is 0.462 e. The third-order valence-electron chi connectivity index (χ3n) is 12.5. The van der Waals surface area contributed by atoms with Crippen LogP contribution in [-0.2, 0) is 28.6 Å². The molecule has 0 bridgehead atoms. The zero-order valence-electron chi connectivity index (χ0n) is 41.6. The van der Waals surface area contributed by atoms with Crippen molar-refractivity contribution in [2.24, 2.45) is 5.92 Å². The SMILES string of the molecule is CCCCCCCCCCCCCCCCCCCC(=O)OC[C@H](COC(=O)CCCCCCCCCCCC)OC(=O)CCCCCCCCCCCCCCCC(C)C. The number of carbonyl (C=O) groups is 3. The minimum absolute atomic E-state index is 0.0623. The highest BCUT2D eigenvalue weighted by molar-refractivity contribution is 5.71. The van der Waals surface area contributed by atoms with Crippen molar-refractivity contribution in [3.8, 4) is 0 Å². The highest BCUT2D eigenvalue weighted by atomic mass is 16.6. The summed E-state index contributed by atoms with van der Waals surface area (Å²) in [7, 11) is 0. The third-order valence-corrected chi connectivity index (χ3v) is 12.5. The summed E-state index contributed by atoms with van der Waals surface area (Å²) in [4.78, 5) is 38.0. The van der Waals surface area contributed by atoms with Crippen LogP contribution in [0.2, 0.25) is 0 Å². The number of hydrogen-bond donors (Lipinski definition) is 0. The maximum Gasteiger partial charge on any atom is 0.306 e. The quantitative estimate of drug-likeness (QED) is 0.0344. The van der Waals surface area contributed by atoms with Gasteiger partial charge in [-0.3, -0.25) is 14.4 Å². The lowest BCUT2D eigenvalue weighted by Crippen LogP contribution is -2.30. The number of hydrogen-bond acceptors (Lipinski definition) is 6. The van der Waals surface area contributed by atoms with Gasteiger partial charge in [0.2, 0.25) is 0 Å². The van der Waals surface area contributed by atoms with E-state index in [0.717, 1.165) is 63.7 Å². The Balaban J connectivity index is 4.26. The van der Waals surface area contributed by atoms with Gasteiger partial charge in [0.1, 0.15) is 13.2 Å². The molecular weight excluding hydrogens is 757 g/mol. The second kappa shape index (κ2) is 49.4. The van der Waals surface area contributed by atoms with Gasteiger partial charge in [-0.2, -0.15) is 0 Å². The molecule has 0 heterocycles. The smallest absolute Gasteiger partial charge is 0.306 e. The average molecular weight is 863 g/mol. The molecule has 0 aliphatic rings. The van der Waals surface area contributed by atoms with E-state index in [9.17, 15) is 14.4 Å². The summed E-state index contributed by atoms with van der Waals surface area (Å²) in [6.07, 6.45) is 52.3. The second-order valence-electron chi connectivity index (χ2n) is 19.3. The second-order valence-corrected chi connectivity index (χ2v) is 19.3. The first-order chi connectivity index (χ1) is 29.9. The molecule has 1 atom stereocenters. The van der Waals surface area contributed by atoms with Gasteiger partial charge in [-0.05, 0) is 25.2 Å². The van der Waals surface area contributed by atoms with Gasteiger partial charge < -0.3 is 14.2 Å². The molecule has 0 saturated heterocycles. The Bertz CT molecular complexity index is 918. The summed E-state index contributed by atoms with van der Waals surface area (Å²) in [5.41, 5.74) is 0. The molecule has 0 spiro atoms. The molecule has 0 rings (SSSR count). The Morgan fingerprint density at radius 3 is 0.803 bits per heavy atom. The Morgan fingerprint density at radius 2 is 0.541 bits per heavy atom. The fraction of sp³-hybridized carbons (Fsp3) is 0.945. The summed E-state index contributed by atoms with van der Waals surface area (Å²) >= 11 is 0. The van der Waals surface area contributed by atoms with Crippen LogP contribution in [0.25, 0.3) is 0 Å². The van der Waals surface area contributed by atoms with Crippen molar-refractivity contribution in [1.29, 1.82) is 0 Å². The molecule has 0 radical (unpaired) electrons. The number of carbonyl (C=O) groups excluding carboxylic acids is 3. The Labute approximate surface area is 380 Å². The molecule has 0 saturated carbocycles. The zero-order valence-corrected chi connectivity index (χ0v) is 41.6. The highest BCUT2D eigenvalue weighted by Gasteiger charge is 2.19. The molecule has 0 aromatic rings. The summed E-state index contributed by atoms with van der Waals surface area (Å²) in [5, 5.41) is 0. The van der Waals surface area contributed by atoms with Crippen LogP contribution in [0.1, 0.15) is 310 Å². The van der Waals surface area contributed by atoms with Crippen molar-refractivity contribution in [2.75, 3.05) is 13.2 Å². The van der Waals surface area contributed by atoms with E-state index in [1.165, 1.54) is 205 Å². The van der Waals surface area contributed by atoms with Crippen LogP contribution < -0.4 is 0 Å². The number of unbranched alkanes of at least 4 members (excludes halogenated alkanes) is 37. The molecule has 0 aromatic carbocycles. The van der Waals surface area contributed by atoms with Gasteiger partial charge in [-0.25, -0.2) is 0 Å².